The Kier molecular flexibility index (Phi) is 7.45. The molecule has 0 aromatic heterocycles. The highest BCUT2D eigenvalue weighted by Gasteiger charge is 2.39. The number of rotatable bonds is 4. The van der Waals surface area contributed by atoms with Crippen molar-refractivity contribution in [2.45, 2.75) is 50.5 Å². The maximum Gasteiger partial charge on any atom is 0.257 e. The Morgan fingerprint density at radius 2 is 1.85 bits per heavy atom. The summed E-state index contributed by atoms with van der Waals surface area (Å²) >= 11 is 0. The summed E-state index contributed by atoms with van der Waals surface area (Å²) in [7, 11) is 1.74. The second kappa shape index (κ2) is 11.3. The fourth-order valence-electron chi connectivity index (χ4n) is 5.97. The van der Waals surface area contributed by atoms with E-state index >= 15 is 0 Å². The van der Waals surface area contributed by atoms with Gasteiger partial charge in [-0.15, -0.1) is 0 Å². The van der Waals surface area contributed by atoms with Crippen LogP contribution in [0, 0.1) is 5.82 Å². The predicted octanol–water partition coefficient (Wildman–Crippen LogP) is 4.43. The summed E-state index contributed by atoms with van der Waals surface area (Å²) in [6.45, 7) is 1.55. The first kappa shape index (κ1) is 27.0. The van der Waals surface area contributed by atoms with E-state index < -0.39 is 11.7 Å². The number of fused-ring (bicyclic) bond motifs is 3. The van der Waals surface area contributed by atoms with E-state index in [1.165, 1.54) is 29.3 Å². The van der Waals surface area contributed by atoms with Crippen LogP contribution in [0.2, 0.25) is 0 Å². The monoisotopic (exact) mass is 557 g/mol. The molecule has 8 nitrogen and oxygen atoms in total. The highest BCUT2D eigenvalue weighted by Crippen LogP contribution is 2.33. The van der Waals surface area contributed by atoms with Gasteiger partial charge in [0.1, 0.15) is 24.3 Å². The Morgan fingerprint density at radius 3 is 2.68 bits per heavy atom. The van der Waals surface area contributed by atoms with Crippen molar-refractivity contribution in [1.82, 2.24) is 9.80 Å². The lowest BCUT2D eigenvalue weighted by atomic mass is 9.94. The summed E-state index contributed by atoms with van der Waals surface area (Å²) in [5.41, 5.74) is 3.40. The summed E-state index contributed by atoms with van der Waals surface area (Å²) < 4.78 is 26.0. The van der Waals surface area contributed by atoms with E-state index in [1.807, 2.05) is 17.0 Å². The smallest absolute Gasteiger partial charge is 0.257 e. The average molecular weight is 558 g/mol. The Balaban J connectivity index is 1.11. The van der Waals surface area contributed by atoms with Crippen molar-refractivity contribution < 1.29 is 28.2 Å². The van der Waals surface area contributed by atoms with Crippen LogP contribution in [-0.4, -0.2) is 66.0 Å². The Labute approximate surface area is 238 Å². The highest BCUT2D eigenvalue weighted by molar-refractivity contribution is 6.05. The second-order valence-electron chi connectivity index (χ2n) is 10.9. The van der Waals surface area contributed by atoms with E-state index in [4.69, 9.17) is 9.47 Å². The number of nitrogens with zero attached hydrogens (tertiary/aromatic N) is 2. The number of anilines is 1. The second-order valence-corrected chi connectivity index (χ2v) is 10.9. The molecule has 212 valence electrons. The quantitative estimate of drug-likeness (QED) is 0.513. The van der Waals surface area contributed by atoms with Gasteiger partial charge in [0.25, 0.3) is 11.8 Å². The number of carbonyl (C=O) groups is 3. The van der Waals surface area contributed by atoms with E-state index in [1.54, 1.807) is 30.1 Å². The lowest BCUT2D eigenvalue weighted by Gasteiger charge is -2.42. The van der Waals surface area contributed by atoms with Crippen molar-refractivity contribution >= 4 is 23.4 Å². The molecule has 0 spiro atoms. The van der Waals surface area contributed by atoms with Gasteiger partial charge in [0.2, 0.25) is 5.91 Å². The summed E-state index contributed by atoms with van der Waals surface area (Å²) in [4.78, 5) is 42.9. The molecule has 1 fully saturated rings. The van der Waals surface area contributed by atoms with Crippen LogP contribution in [0.5, 0.6) is 5.75 Å². The predicted molar refractivity (Wildman–Crippen MR) is 150 cm³/mol. The minimum absolute atomic E-state index is 0.0808. The van der Waals surface area contributed by atoms with Crippen molar-refractivity contribution in [3.8, 4) is 5.75 Å². The van der Waals surface area contributed by atoms with Crippen LogP contribution in [0.3, 0.4) is 0 Å². The van der Waals surface area contributed by atoms with Crippen LogP contribution < -0.4 is 10.1 Å². The molecule has 3 heterocycles. The third-order valence-electron chi connectivity index (χ3n) is 8.24. The third-order valence-corrected chi connectivity index (χ3v) is 8.24. The third kappa shape index (κ3) is 5.67. The minimum Gasteiger partial charge on any atom is -0.490 e. The fraction of sp³-hybridized carbons (Fsp3) is 0.344. The van der Waals surface area contributed by atoms with Crippen molar-refractivity contribution in [2.24, 2.45) is 0 Å². The van der Waals surface area contributed by atoms with Crippen LogP contribution in [0.4, 0.5) is 10.1 Å². The number of benzene rings is 3. The minimum atomic E-state index is -0.505. The zero-order valence-corrected chi connectivity index (χ0v) is 22.8. The van der Waals surface area contributed by atoms with Gasteiger partial charge in [-0.2, -0.15) is 0 Å². The van der Waals surface area contributed by atoms with E-state index in [2.05, 4.69) is 17.4 Å². The van der Waals surface area contributed by atoms with Crippen molar-refractivity contribution in [2.75, 3.05) is 25.5 Å². The average Bonchev–Trinajstić information content (AvgIpc) is 2.99. The molecular formula is C32H32FN3O5. The van der Waals surface area contributed by atoms with Gasteiger partial charge in [0, 0.05) is 31.4 Å². The lowest BCUT2D eigenvalue weighted by molar-refractivity contribution is -0.143. The fourth-order valence-corrected chi connectivity index (χ4v) is 5.97. The Hall–Kier alpha value is -4.24. The highest BCUT2D eigenvalue weighted by atomic mass is 19.1. The largest absolute Gasteiger partial charge is 0.490 e. The molecule has 1 N–H and O–H groups in total. The topological polar surface area (TPSA) is 88.2 Å². The Morgan fingerprint density at radius 1 is 1.02 bits per heavy atom. The molecule has 0 radical (unpaired) electrons. The van der Waals surface area contributed by atoms with Crippen LogP contribution in [0.1, 0.15) is 51.1 Å². The van der Waals surface area contributed by atoms with Crippen molar-refractivity contribution in [3.63, 3.8) is 0 Å². The van der Waals surface area contributed by atoms with Gasteiger partial charge in [-0.3, -0.25) is 14.4 Å². The summed E-state index contributed by atoms with van der Waals surface area (Å²) in [5, 5.41) is 2.73. The van der Waals surface area contributed by atoms with Gasteiger partial charge in [-0.05, 0) is 66.8 Å². The van der Waals surface area contributed by atoms with E-state index in [9.17, 15) is 18.8 Å². The standard InChI is InChI=1S/C32H32FN3O5/c1-35-27-11-10-25(17-30(37)36-14-13-20-5-2-3-6-22(20)18-36)41-29(27)19-40-28-12-9-24(16-26(28)32(35)39)34-31(38)21-7-4-8-23(33)15-21/h2-9,12,15-16,25,27,29H,10-11,13-14,17-19H2,1H3,(H,34,38)/t25-,27-,29-/m0/s1. The molecule has 9 heteroatoms. The van der Waals surface area contributed by atoms with Crippen LogP contribution in [-0.2, 0) is 22.5 Å². The lowest BCUT2D eigenvalue weighted by Crippen LogP contribution is -2.54. The first-order valence-electron chi connectivity index (χ1n) is 14.0. The summed E-state index contributed by atoms with van der Waals surface area (Å²) in [6, 6.07) is 18.3. The van der Waals surface area contributed by atoms with E-state index in [-0.39, 0.29) is 42.2 Å². The zero-order chi connectivity index (χ0) is 28.5. The molecular weight excluding hydrogens is 525 g/mol. The zero-order valence-electron chi connectivity index (χ0n) is 22.8. The maximum atomic E-state index is 13.5. The number of carbonyl (C=O) groups excluding carboxylic acids is 3. The molecule has 3 aliphatic heterocycles. The number of ether oxygens (including phenoxy) is 2. The molecule has 41 heavy (non-hydrogen) atoms. The molecule has 3 amide bonds. The van der Waals surface area contributed by atoms with Crippen molar-refractivity contribution in [3.05, 3.63) is 94.8 Å². The normalized spacial score (nSPS) is 21.9. The van der Waals surface area contributed by atoms with Gasteiger partial charge in [0.15, 0.2) is 0 Å². The molecule has 0 aliphatic carbocycles. The molecule has 3 aromatic rings. The van der Waals surface area contributed by atoms with Gasteiger partial charge in [-0.1, -0.05) is 30.3 Å². The molecule has 3 aromatic carbocycles. The number of hydrogen-bond acceptors (Lipinski definition) is 5. The van der Waals surface area contributed by atoms with E-state index in [0.717, 1.165) is 12.5 Å². The number of amides is 3. The first-order chi connectivity index (χ1) is 19.9. The van der Waals surface area contributed by atoms with Gasteiger partial charge >= 0.3 is 0 Å². The van der Waals surface area contributed by atoms with Gasteiger partial charge in [-0.25, -0.2) is 4.39 Å². The Bertz CT molecular complexity index is 1490. The molecule has 0 unspecified atom stereocenters. The molecule has 1 saturated heterocycles. The molecule has 3 aliphatic rings. The molecule has 3 atom stereocenters. The first-order valence-corrected chi connectivity index (χ1v) is 14.0. The van der Waals surface area contributed by atoms with Gasteiger partial charge < -0.3 is 24.6 Å². The molecule has 0 saturated carbocycles. The SMILES string of the molecule is CN1C(=O)c2cc(NC(=O)c3cccc(F)c3)ccc2OC[C@@H]2O[C@H](CC(=O)N3CCc4ccccc4C3)CC[C@@H]21. The summed E-state index contributed by atoms with van der Waals surface area (Å²) in [6.07, 6.45) is 1.88. The molecule has 0 bridgehead atoms. The van der Waals surface area contributed by atoms with E-state index in [0.29, 0.717) is 49.4 Å². The number of nitrogens with one attached hydrogen (secondary N) is 1. The van der Waals surface area contributed by atoms with Crippen LogP contribution >= 0.6 is 0 Å². The molecule has 6 rings (SSSR count). The number of halogens is 1. The number of hydrogen-bond donors (Lipinski definition) is 1. The van der Waals surface area contributed by atoms with Crippen LogP contribution in [0.25, 0.3) is 0 Å². The van der Waals surface area contributed by atoms with Gasteiger partial charge in [0.05, 0.1) is 24.1 Å². The van der Waals surface area contributed by atoms with Crippen molar-refractivity contribution in [1.29, 1.82) is 0 Å². The van der Waals surface area contributed by atoms with Crippen LogP contribution in [0.15, 0.2) is 66.7 Å². The number of likely N-dealkylation sites (N-methyl/N-ethyl adjacent to an activating group) is 1. The maximum absolute atomic E-state index is 13.5. The summed E-state index contributed by atoms with van der Waals surface area (Å²) in [5.74, 6) is -0.766.